The molecule has 1 aliphatic carbocycles. The molecule has 0 aromatic carbocycles. The lowest BCUT2D eigenvalue weighted by Crippen LogP contribution is -2.33. The number of hydrogen-bond acceptors (Lipinski definition) is 3. The molecule has 2 rings (SSSR count). The molecule has 2 aliphatic rings. The van der Waals surface area contributed by atoms with Gasteiger partial charge in [-0.25, -0.2) is 9.78 Å². The van der Waals surface area contributed by atoms with Crippen LogP contribution in [0.15, 0.2) is 0 Å². The molecule has 1 aliphatic heterocycles. The van der Waals surface area contributed by atoms with Crippen LogP contribution in [0.4, 0.5) is 0 Å². The molecule has 0 radical (unpaired) electrons. The van der Waals surface area contributed by atoms with Gasteiger partial charge in [-0.05, 0) is 25.7 Å². The van der Waals surface area contributed by atoms with Crippen molar-refractivity contribution < 1.29 is 14.6 Å². The lowest BCUT2D eigenvalue weighted by molar-refractivity contribution is -0.315. The molecule has 3 nitrogen and oxygen atoms in total. The van der Waals surface area contributed by atoms with Crippen LogP contribution in [0.2, 0.25) is 0 Å². The van der Waals surface area contributed by atoms with E-state index in [0.717, 1.165) is 38.4 Å². The molecule has 68 valence electrons. The van der Waals surface area contributed by atoms with Gasteiger partial charge in [0.1, 0.15) is 11.9 Å². The second-order valence-electron chi connectivity index (χ2n) is 3.81. The topological polar surface area (TPSA) is 35.5 Å². The Hall–Kier alpha value is -0.410. The molecule has 0 aromatic rings. The molecule has 0 unspecified atom stereocenters. The number of aldehydes is 1. The summed E-state index contributed by atoms with van der Waals surface area (Å²) in [6.07, 6.45) is 5.97. The highest BCUT2D eigenvalue weighted by Gasteiger charge is 2.40. The van der Waals surface area contributed by atoms with Crippen molar-refractivity contribution in [1.82, 2.24) is 0 Å². The Bertz CT molecular complexity index is 163. The fourth-order valence-electron chi connectivity index (χ4n) is 2.07. The van der Waals surface area contributed by atoms with Crippen LogP contribution in [0.3, 0.4) is 0 Å². The van der Waals surface area contributed by atoms with Gasteiger partial charge in [0.15, 0.2) is 0 Å². The molecule has 0 N–H and O–H groups in total. The maximum Gasteiger partial charge on any atom is 0.123 e. The molecule has 0 bridgehead atoms. The Labute approximate surface area is 72.0 Å². The van der Waals surface area contributed by atoms with Crippen molar-refractivity contribution in [2.24, 2.45) is 5.92 Å². The van der Waals surface area contributed by atoms with Gasteiger partial charge in [0.2, 0.25) is 0 Å². The molecule has 12 heavy (non-hydrogen) atoms. The van der Waals surface area contributed by atoms with Crippen LogP contribution in [-0.4, -0.2) is 18.5 Å². The summed E-state index contributed by atoms with van der Waals surface area (Å²) >= 11 is 0. The van der Waals surface area contributed by atoms with Crippen LogP contribution < -0.4 is 0 Å². The summed E-state index contributed by atoms with van der Waals surface area (Å²) in [4.78, 5) is 20.7. The molecule has 0 atom stereocenters. The van der Waals surface area contributed by atoms with Gasteiger partial charge in [-0.15, -0.1) is 0 Å². The van der Waals surface area contributed by atoms with E-state index in [4.69, 9.17) is 9.78 Å². The van der Waals surface area contributed by atoms with E-state index in [0.29, 0.717) is 6.61 Å². The Kier molecular flexibility index (Phi) is 2.15. The van der Waals surface area contributed by atoms with Crippen LogP contribution >= 0.6 is 0 Å². The third-order valence-electron chi connectivity index (χ3n) is 3.01. The van der Waals surface area contributed by atoms with Crippen molar-refractivity contribution in [3.8, 4) is 0 Å². The Balaban J connectivity index is 1.92. The first-order chi connectivity index (χ1) is 5.85. The second-order valence-corrected chi connectivity index (χ2v) is 3.81. The van der Waals surface area contributed by atoms with Crippen LogP contribution in [0.5, 0.6) is 0 Å². The number of hydrogen-bond donors (Lipinski definition) is 0. The van der Waals surface area contributed by atoms with Crippen LogP contribution in [0.1, 0.15) is 32.1 Å². The molecule has 1 spiro atoms. The highest BCUT2D eigenvalue weighted by atomic mass is 17.2. The number of carbonyl (C=O) groups is 1. The van der Waals surface area contributed by atoms with Crippen LogP contribution in [0.25, 0.3) is 0 Å². The molecule has 3 heteroatoms. The Morgan fingerprint density at radius 2 is 2.00 bits per heavy atom. The molecule has 2 fully saturated rings. The van der Waals surface area contributed by atoms with E-state index in [-0.39, 0.29) is 11.5 Å². The monoisotopic (exact) mass is 170 g/mol. The van der Waals surface area contributed by atoms with Gasteiger partial charge in [-0.1, -0.05) is 0 Å². The van der Waals surface area contributed by atoms with E-state index < -0.39 is 0 Å². The minimum atomic E-state index is -0.0283. The van der Waals surface area contributed by atoms with E-state index in [1.807, 2.05) is 0 Å². The van der Waals surface area contributed by atoms with Crippen molar-refractivity contribution in [3.63, 3.8) is 0 Å². The maximum absolute atomic E-state index is 10.5. The average Bonchev–Trinajstić information content (AvgIpc) is 2.55. The normalized spacial score (nSPS) is 41.8. The fourth-order valence-corrected chi connectivity index (χ4v) is 2.07. The van der Waals surface area contributed by atoms with Gasteiger partial charge in [0.05, 0.1) is 6.61 Å². The minimum absolute atomic E-state index is 0.0283. The molecular weight excluding hydrogens is 156 g/mol. The summed E-state index contributed by atoms with van der Waals surface area (Å²) < 4.78 is 0. The molecule has 0 aromatic heterocycles. The average molecular weight is 170 g/mol. The summed E-state index contributed by atoms with van der Waals surface area (Å²) in [6.45, 7) is 0.714. The molecule has 1 saturated heterocycles. The zero-order valence-electron chi connectivity index (χ0n) is 7.12. The number of carbonyl (C=O) groups excluding carboxylic acids is 1. The van der Waals surface area contributed by atoms with Crippen molar-refractivity contribution in [2.45, 2.75) is 37.7 Å². The number of rotatable bonds is 1. The Morgan fingerprint density at radius 3 is 2.50 bits per heavy atom. The first-order valence-electron chi connectivity index (χ1n) is 4.61. The predicted molar refractivity (Wildman–Crippen MR) is 42.4 cm³/mol. The zero-order chi connectivity index (χ0) is 8.44. The van der Waals surface area contributed by atoms with Crippen LogP contribution in [0, 0.1) is 5.92 Å². The molecule has 1 saturated carbocycles. The predicted octanol–water partition coefficient (Wildman–Crippen LogP) is 1.47. The van der Waals surface area contributed by atoms with Crippen LogP contribution in [-0.2, 0) is 14.6 Å². The SMILES string of the molecule is O=CC1CCC2(CCOO2)CC1. The lowest BCUT2D eigenvalue weighted by atomic mass is 9.78. The summed E-state index contributed by atoms with van der Waals surface area (Å²) in [5.41, 5.74) is -0.0283. The second kappa shape index (κ2) is 3.15. The van der Waals surface area contributed by atoms with Gasteiger partial charge in [0, 0.05) is 12.3 Å². The molecule has 1 heterocycles. The van der Waals surface area contributed by atoms with E-state index in [2.05, 4.69) is 0 Å². The first kappa shape index (κ1) is 8.20. The van der Waals surface area contributed by atoms with E-state index >= 15 is 0 Å². The van der Waals surface area contributed by atoms with Gasteiger partial charge in [-0.2, -0.15) is 0 Å². The lowest BCUT2D eigenvalue weighted by Gasteiger charge is -2.32. The van der Waals surface area contributed by atoms with E-state index in [9.17, 15) is 4.79 Å². The van der Waals surface area contributed by atoms with E-state index in [1.165, 1.54) is 0 Å². The third kappa shape index (κ3) is 1.39. The Morgan fingerprint density at radius 1 is 1.25 bits per heavy atom. The van der Waals surface area contributed by atoms with Gasteiger partial charge in [0.25, 0.3) is 0 Å². The quantitative estimate of drug-likeness (QED) is 0.441. The zero-order valence-corrected chi connectivity index (χ0v) is 7.12. The minimum Gasteiger partial charge on any atom is -0.303 e. The van der Waals surface area contributed by atoms with Gasteiger partial charge < -0.3 is 4.79 Å². The highest BCUT2D eigenvalue weighted by molar-refractivity contribution is 5.53. The van der Waals surface area contributed by atoms with Crippen molar-refractivity contribution >= 4 is 6.29 Å². The summed E-state index contributed by atoms with van der Waals surface area (Å²) in [5, 5.41) is 0. The van der Waals surface area contributed by atoms with Crippen molar-refractivity contribution in [2.75, 3.05) is 6.61 Å². The van der Waals surface area contributed by atoms with Crippen molar-refractivity contribution in [3.05, 3.63) is 0 Å². The fraction of sp³-hybridized carbons (Fsp3) is 0.889. The molecular formula is C9H14O3. The van der Waals surface area contributed by atoms with Gasteiger partial charge >= 0.3 is 0 Å². The van der Waals surface area contributed by atoms with Crippen molar-refractivity contribution in [1.29, 1.82) is 0 Å². The largest absolute Gasteiger partial charge is 0.303 e. The summed E-state index contributed by atoms with van der Waals surface area (Å²) in [7, 11) is 0. The standard InChI is InChI=1S/C9H14O3/c10-7-8-1-3-9(4-2-8)5-6-11-12-9/h7-8H,1-6H2. The first-order valence-corrected chi connectivity index (χ1v) is 4.61. The highest BCUT2D eigenvalue weighted by Crippen LogP contribution is 2.39. The van der Waals surface area contributed by atoms with Gasteiger partial charge in [-0.3, -0.25) is 0 Å². The maximum atomic E-state index is 10.5. The summed E-state index contributed by atoms with van der Waals surface area (Å²) in [6, 6.07) is 0. The third-order valence-corrected chi connectivity index (χ3v) is 3.01. The smallest absolute Gasteiger partial charge is 0.123 e. The van der Waals surface area contributed by atoms with E-state index in [1.54, 1.807) is 0 Å². The summed E-state index contributed by atoms with van der Waals surface area (Å²) in [5.74, 6) is 0.264. The molecule has 0 amide bonds.